The molecule has 0 unspecified atom stereocenters. The molecule has 0 radical (unpaired) electrons. The fraction of sp³-hybridized carbons (Fsp3) is 0.350. The van der Waals surface area contributed by atoms with Gasteiger partial charge < -0.3 is 24.6 Å². The molecule has 28 heavy (non-hydrogen) atoms. The fourth-order valence-electron chi connectivity index (χ4n) is 3.10. The van der Waals surface area contributed by atoms with Crippen molar-refractivity contribution < 1.29 is 19.1 Å². The summed E-state index contributed by atoms with van der Waals surface area (Å²) in [7, 11) is 3.10. The first-order chi connectivity index (χ1) is 13.5. The number of aromatic nitrogens is 1. The molecule has 2 aromatic rings. The summed E-state index contributed by atoms with van der Waals surface area (Å²) < 4.78 is 10.5. The number of rotatable bonds is 5. The number of ether oxygens (including phenoxy) is 2. The van der Waals surface area contributed by atoms with Crippen molar-refractivity contribution in [1.29, 1.82) is 0 Å². The second-order valence-corrected chi connectivity index (χ2v) is 6.45. The van der Waals surface area contributed by atoms with Gasteiger partial charge in [-0.25, -0.2) is 0 Å². The van der Waals surface area contributed by atoms with E-state index in [0.29, 0.717) is 48.9 Å². The highest BCUT2D eigenvalue weighted by atomic mass is 16.5. The van der Waals surface area contributed by atoms with Crippen LogP contribution in [0.1, 0.15) is 17.3 Å². The van der Waals surface area contributed by atoms with Gasteiger partial charge in [-0.3, -0.25) is 14.6 Å². The zero-order valence-corrected chi connectivity index (χ0v) is 16.3. The quantitative estimate of drug-likeness (QED) is 0.849. The van der Waals surface area contributed by atoms with E-state index in [1.807, 2.05) is 11.0 Å². The maximum Gasteiger partial charge on any atom is 0.257 e. The third-order valence-electron chi connectivity index (χ3n) is 4.73. The van der Waals surface area contributed by atoms with Crippen molar-refractivity contribution in [2.45, 2.75) is 6.92 Å². The molecule has 0 bridgehead atoms. The lowest BCUT2D eigenvalue weighted by atomic mass is 10.2. The smallest absolute Gasteiger partial charge is 0.257 e. The Balaban J connectivity index is 1.72. The van der Waals surface area contributed by atoms with Crippen molar-refractivity contribution in [3.8, 4) is 11.5 Å². The van der Waals surface area contributed by atoms with Gasteiger partial charge in [0.2, 0.25) is 5.91 Å². The third kappa shape index (κ3) is 4.33. The van der Waals surface area contributed by atoms with Crippen LogP contribution in [-0.2, 0) is 4.79 Å². The molecule has 1 N–H and O–H groups in total. The van der Waals surface area contributed by atoms with Gasteiger partial charge in [0.25, 0.3) is 5.91 Å². The zero-order valence-electron chi connectivity index (χ0n) is 16.3. The highest BCUT2D eigenvalue weighted by molar-refractivity contribution is 6.05. The van der Waals surface area contributed by atoms with Crippen molar-refractivity contribution in [2.75, 3.05) is 50.6 Å². The molecule has 1 aliphatic rings. The van der Waals surface area contributed by atoms with Gasteiger partial charge in [-0.2, -0.15) is 0 Å². The molecule has 2 amide bonds. The van der Waals surface area contributed by atoms with Gasteiger partial charge in [0.1, 0.15) is 11.5 Å². The Morgan fingerprint density at radius 2 is 1.79 bits per heavy atom. The number of nitrogens with one attached hydrogen (secondary N) is 1. The van der Waals surface area contributed by atoms with E-state index in [1.165, 1.54) is 13.3 Å². The average Bonchev–Trinajstić information content (AvgIpc) is 2.74. The van der Waals surface area contributed by atoms with Gasteiger partial charge in [-0.1, -0.05) is 0 Å². The number of carbonyl (C=O) groups is 2. The van der Waals surface area contributed by atoms with Crippen LogP contribution in [0.15, 0.2) is 36.7 Å². The largest absolute Gasteiger partial charge is 0.497 e. The summed E-state index contributed by atoms with van der Waals surface area (Å²) in [6, 6.07) is 7.00. The normalized spacial score (nSPS) is 13.8. The Bertz CT molecular complexity index is 863. The molecule has 1 aromatic heterocycles. The first-order valence-electron chi connectivity index (χ1n) is 9.00. The summed E-state index contributed by atoms with van der Waals surface area (Å²) in [6.45, 7) is 4.32. The van der Waals surface area contributed by atoms with Crippen LogP contribution in [0.5, 0.6) is 11.5 Å². The number of hydrogen-bond acceptors (Lipinski definition) is 6. The minimum Gasteiger partial charge on any atom is -0.497 e. The molecule has 1 aliphatic heterocycles. The van der Waals surface area contributed by atoms with Crippen LogP contribution in [0.2, 0.25) is 0 Å². The summed E-state index contributed by atoms with van der Waals surface area (Å²) in [5, 5.41) is 2.85. The number of hydrogen-bond donors (Lipinski definition) is 1. The predicted molar refractivity (Wildman–Crippen MR) is 106 cm³/mol. The average molecular weight is 384 g/mol. The number of amides is 2. The molecule has 148 valence electrons. The Morgan fingerprint density at radius 1 is 1.04 bits per heavy atom. The Morgan fingerprint density at radius 3 is 2.43 bits per heavy atom. The van der Waals surface area contributed by atoms with E-state index < -0.39 is 0 Å². The van der Waals surface area contributed by atoms with Crippen molar-refractivity contribution in [3.63, 3.8) is 0 Å². The lowest BCUT2D eigenvalue weighted by Crippen LogP contribution is -2.48. The summed E-state index contributed by atoms with van der Waals surface area (Å²) >= 11 is 0. The number of benzene rings is 1. The van der Waals surface area contributed by atoms with Crippen LogP contribution in [-0.4, -0.2) is 62.1 Å². The van der Waals surface area contributed by atoms with Crippen LogP contribution in [0.3, 0.4) is 0 Å². The minimum atomic E-state index is -0.278. The van der Waals surface area contributed by atoms with E-state index in [4.69, 9.17) is 9.47 Å². The lowest BCUT2D eigenvalue weighted by Gasteiger charge is -2.35. The standard InChI is InChI=1S/C20H24N4O4/c1-14(25)23-6-8-24(9-7-23)16-10-15(12-21-13-16)20(26)22-18-5-4-17(27-2)11-19(18)28-3/h4-5,10-13H,6-9H2,1-3H3,(H,22,26). The first-order valence-corrected chi connectivity index (χ1v) is 9.00. The predicted octanol–water partition coefficient (Wildman–Crippen LogP) is 2.02. The molecular formula is C20H24N4O4. The number of anilines is 2. The molecule has 0 saturated carbocycles. The van der Waals surface area contributed by atoms with Crippen molar-refractivity contribution in [3.05, 3.63) is 42.2 Å². The third-order valence-corrected chi connectivity index (χ3v) is 4.73. The molecule has 8 heteroatoms. The molecule has 2 heterocycles. The molecule has 0 aliphatic carbocycles. The molecule has 1 fully saturated rings. The van der Waals surface area contributed by atoms with Crippen LogP contribution >= 0.6 is 0 Å². The molecule has 0 atom stereocenters. The number of piperazine rings is 1. The van der Waals surface area contributed by atoms with Crippen molar-refractivity contribution >= 4 is 23.2 Å². The fourth-order valence-corrected chi connectivity index (χ4v) is 3.10. The summed E-state index contributed by atoms with van der Waals surface area (Å²) in [6.07, 6.45) is 3.26. The molecule has 1 aromatic carbocycles. The zero-order chi connectivity index (χ0) is 20.1. The Hall–Kier alpha value is -3.29. The Labute approximate surface area is 164 Å². The minimum absolute atomic E-state index is 0.0827. The number of carbonyl (C=O) groups excluding carboxylic acids is 2. The topological polar surface area (TPSA) is 84.0 Å². The lowest BCUT2D eigenvalue weighted by molar-refractivity contribution is -0.129. The van der Waals surface area contributed by atoms with Gasteiger partial charge in [0.05, 0.1) is 37.4 Å². The van der Waals surface area contributed by atoms with Gasteiger partial charge >= 0.3 is 0 Å². The SMILES string of the molecule is COc1ccc(NC(=O)c2cncc(N3CCN(C(C)=O)CC3)c2)c(OC)c1. The van der Waals surface area contributed by atoms with Gasteiger partial charge in [0, 0.05) is 45.4 Å². The molecule has 8 nitrogen and oxygen atoms in total. The van der Waals surface area contributed by atoms with E-state index in [2.05, 4.69) is 15.2 Å². The van der Waals surface area contributed by atoms with Crippen LogP contribution < -0.4 is 19.7 Å². The van der Waals surface area contributed by atoms with Crippen molar-refractivity contribution in [2.24, 2.45) is 0 Å². The highest BCUT2D eigenvalue weighted by Crippen LogP contribution is 2.29. The second kappa shape index (κ2) is 8.60. The van der Waals surface area contributed by atoms with E-state index in [-0.39, 0.29) is 11.8 Å². The second-order valence-electron chi connectivity index (χ2n) is 6.45. The van der Waals surface area contributed by atoms with E-state index in [9.17, 15) is 9.59 Å². The summed E-state index contributed by atoms with van der Waals surface area (Å²) in [5.41, 5.74) is 1.86. The molecular weight excluding hydrogens is 360 g/mol. The van der Waals surface area contributed by atoms with Crippen LogP contribution in [0.4, 0.5) is 11.4 Å². The van der Waals surface area contributed by atoms with E-state index in [0.717, 1.165) is 5.69 Å². The maximum atomic E-state index is 12.7. The van der Waals surface area contributed by atoms with Crippen LogP contribution in [0.25, 0.3) is 0 Å². The summed E-state index contributed by atoms with van der Waals surface area (Å²) in [4.78, 5) is 32.3. The first kappa shape index (κ1) is 19.5. The molecule has 1 saturated heterocycles. The van der Waals surface area contributed by atoms with Gasteiger partial charge in [-0.15, -0.1) is 0 Å². The van der Waals surface area contributed by atoms with Gasteiger partial charge in [0.15, 0.2) is 0 Å². The maximum absolute atomic E-state index is 12.7. The van der Waals surface area contributed by atoms with E-state index >= 15 is 0 Å². The highest BCUT2D eigenvalue weighted by Gasteiger charge is 2.20. The Kier molecular flexibility index (Phi) is 5.98. The van der Waals surface area contributed by atoms with Crippen LogP contribution in [0, 0.1) is 0 Å². The monoisotopic (exact) mass is 384 g/mol. The molecule has 0 spiro atoms. The number of nitrogens with zero attached hydrogens (tertiary/aromatic N) is 3. The number of pyridine rings is 1. The number of methoxy groups -OCH3 is 2. The van der Waals surface area contributed by atoms with Gasteiger partial charge in [-0.05, 0) is 18.2 Å². The molecule has 3 rings (SSSR count). The van der Waals surface area contributed by atoms with E-state index in [1.54, 1.807) is 38.4 Å². The summed E-state index contributed by atoms with van der Waals surface area (Å²) in [5.74, 6) is 0.958. The van der Waals surface area contributed by atoms with Crippen molar-refractivity contribution in [1.82, 2.24) is 9.88 Å².